The average Bonchev–Trinajstić information content (AvgIpc) is 3.12. The molecule has 0 bridgehead atoms. The summed E-state index contributed by atoms with van der Waals surface area (Å²) in [6.07, 6.45) is 2.51. The fourth-order valence-electron chi connectivity index (χ4n) is 2.85. The van der Waals surface area contributed by atoms with Gasteiger partial charge in [0, 0.05) is 24.2 Å². The van der Waals surface area contributed by atoms with Crippen molar-refractivity contribution in [2.75, 3.05) is 18.4 Å². The van der Waals surface area contributed by atoms with Crippen LogP contribution in [0.3, 0.4) is 0 Å². The molecule has 0 spiro atoms. The van der Waals surface area contributed by atoms with Crippen molar-refractivity contribution >= 4 is 41.5 Å². The molecule has 0 fully saturated rings. The number of hydrogen-bond acceptors (Lipinski definition) is 4. The van der Waals surface area contributed by atoms with Crippen LogP contribution in [0.2, 0.25) is 0 Å². The molecule has 0 atom stereocenters. The zero-order chi connectivity index (χ0) is 20.4. The van der Waals surface area contributed by atoms with Crippen molar-refractivity contribution in [3.63, 3.8) is 0 Å². The second-order valence-corrected chi connectivity index (χ2v) is 6.39. The van der Waals surface area contributed by atoms with Gasteiger partial charge in [0.25, 0.3) is 0 Å². The highest BCUT2D eigenvalue weighted by molar-refractivity contribution is 14.0. The van der Waals surface area contributed by atoms with E-state index in [1.54, 1.807) is 0 Å². The second-order valence-electron chi connectivity index (χ2n) is 6.39. The predicted octanol–water partition coefficient (Wildman–Crippen LogP) is 3.67. The fourth-order valence-corrected chi connectivity index (χ4v) is 2.85. The number of hydrogen-bond donors (Lipinski definition) is 3. The molecule has 0 aliphatic rings. The maximum Gasteiger partial charge on any atom is 0.243 e. The Labute approximate surface area is 190 Å². The van der Waals surface area contributed by atoms with E-state index >= 15 is 0 Å². The Kier molecular flexibility index (Phi) is 11.3. The zero-order valence-electron chi connectivity index (χ0n) is 17.7. The molecule has 1 aromatic carbocycles. The number of aryl methyl sites for hydroxylation is 3. The minimum absolute atomic E-state index is 0. The standard InChI is InChI=1S/C21H31N5O2.HI/c1-5-15-10-9-11-16(12-15)25-20(27)14-24-21(22-8-4)23-13-17-18(6-2)26-28-19(17)7-3;/h9-12H,5-8,13-14H2,1-4H3,(H,25,27)(H2,22,23,24);1H. The third kappa shape index (κ3) is 7.68. The molecule has 3 N–H and O–H groups in total. The molecule has 0 aliphatic carbocycles. The van der Waals surface area contributed by atoms with Gasteiger partial charge in [-0.05, 0) is 37.5 Å². The Bertz CT molecular complexity index is 783. The smallest absolute Gasteiger partial charge is 0.243 e. The van der Waals surface area contributed by atoms with Crippen LogP contribution in [0.4, 0.5) is 5.69 Å². The number of carbonyl (C=O) groups excluding carboxylic acids is 1. The van der Waals surface area contributed by atoms with Crippen molar-refractivity contribution < 1.29 is 9.32 Å². The Morgan fingerprint density at radius 1 is 1.10 bits per heavy atom. The third-order valence-electron chi connectivity index (χ3n) is 4.38. The maximum atomic E-state index is 12.3. The van der Waals surface area contributed by atoms with Gasteiger partial charge in [0.15, 0.2) is 5.96 Å². The molecule has 0 unspecified atom stereocenters. The van der Waals surface area contributed by atoms with Crippen molar-refractivity contribution in [2.45, 2.75) is 53.5 Å². The lowest BCUT2D eigenvalue weighted by Crippen LogP contribution is -2.41. The van der Waals surface area contributed by atoms with Crippen LogP contribution in [0.5, 0.6) is 0 Å². The lowest BCUT2D eigenvalue weighted by molar-refractivity contribution is -0.115. The van der Waals surface area contributed by atoms with Crippen LogP contribution in [0.15, 0.2) is 33.8 Å². The van der Waals surface area contributed by atoms with Gasteiger partial charge in [-0.3, -0.25) is 4.79 Å². The van der Waals surface area contributed by atoms with Gasteiger partial charge < -0.3 is 20.5 Å². The topological polar surface area (TPSA) is 91.6 Å². The minimum Gasteiger partial charge on any atom is -0.361 e. The summed E-state index contributed by atoms with van der Waals surface area (Å²) in [5, 5.41) is 13.3. The molecule has 1 amide bonds. The molecule has 0 saturated carbocycles. The quantitative estimate of drug-likeness (QED) is 0.271. The number of anilines is 1. The molecule has 8 heteroatoms. The van der Waals surface area contributed by atoms with Crippen molar-refractivity contribution in [2.24, 2.45) is 4.99 Å². The Morgan fingerprint density at radius 3 is 2.55 bits per heavy atom. The monoisotopic (exact) mass is 513 g/mol. The summed E-state index contributed by atoms with van der Waals surface area (Å²) in [5.74, 6) is 1.34. The molecule has 0 radical (unpaired) electrons. The minimum atomic E-state index is -0.118. The summed E-state index contributed by atoms with van der Waals surface area (Å²) < 4.78 is 5.39. The average molecular weight is 513 g/mol. The van der Waals surface area contributed by atoms with E-state index < -0.39 is 0 Å². The number of benzene rings is 1. The van der Waals surface area contributed by atoms with Gasteiger partial charge in [-0.2, -0.15) is 0 Å². The van der Waals surface area contributed by atoms with Crippen LogP contribution >= 0.6 is 24.0 Å². The van der Waals surface area contributed by atoms with Crippen molar-refractivity contribution in [3.8, 4) is 0 Å². The first-order valence-electron chi connectivity index (χ1n) is 9.98. The fraction of sp³-hybridized carbons (Fsp3) is 0.476. The molecule has 160 valence electrons. The Balaban J connectivity index is 0.00000420. The molecule has 0 saturated heterocycles. The first kappa shape index (κ1) is 24.9. The molecule has 1 heterocycles. The van der Waals surface area contributed by atoms with E-state index in [4.69, 9.17) is 4.52 Å². The summed E-state index contributed by atoms with van der Waals surface area (Å²) in [6, 6.07) is 7.87. The van der Waals surface area contributed by atoms with Gasteiger partial charge in [0.2, 0.25) is 5.91 Å². The first-order valence-corrected chi connectivity index (χ1v) is 9.98. The van der Waals surface area contributed by atoms with Gasteiger partial charge >= 0.3 is 0 Å². The Hall–Kier alpha value is -2.10. The highest BCUT2D eigenvalue weighted by Gasteiger charge is 2.13. The summed E-state index contributed by atoms with van der Waals surface area (Å²) in [7, 11) is 0. The van der Waals surface area contributed by atoms with Crippen molar-refractivity contribution in [1.82, 2.24) is 15.8 Å². The zero-order valence-corrected chi connectivity index (χ0v) is 20.0. The largest absolute Gasteiger partial charge is 0.361 e. The van der Waals surface area contributed by atoms with Crippen LogP contribution in [-0.2, 0) is 30.6 Å². The molecule has 1 aromatic heterocycles. The van der Waals surface area contributed by atoms with Gasteiger partial charge in [0.1, 0.15) is 5.76 Å². The molecule has 7 nitrogen and oxygen atoms in total. The first-order chi connectivity index (χ1) is 13.6. The predicted molar refractivity (Wildman–Crippen MR) is 128 cm³/mol. The summed E-state index contributed by atoms with van der Waals surface area (Å²) in [6.45, 7) is 9.46. The number of aromatic nitrogens is 1. The van der Waals surface area contributed by atoms with E-state index in [1.807, 2.05) is 45.0 Å². The van der Waals surface area contributed by atoms with Crippen LogP contribution in [0.1, 0.15) is 50.3 Å². The number of guanidine groups is 1. The van der Waals surface area contributed by atoms with E-state index in [2.05, 4.69) is 33.0 Å². The number of nitrogens with zero attached hydrogens (tertiary/aromatic N) is 2. The number of halogens is 1. The molecule has 0 aliphatic heterocycles. The molecular formula is C21H32IN5O2. The number of rotatable bonds is 9. The van der Waals surface area contributed by atoms with Crippen molar-refractivity contribution in [1.29, 1.82) is 0 Å². The van der Waals surface area contributed by atoms with Gasteiger partial charge in [-0.25, -0.2) is 4.99 Å². The van der Waals surface area contributed by atoms with E-state index in [9.17, 15) is 4.79 Å². The number of aliphatic imine (C=N–C) groups is 1. The van der Waals surface area contributed by atoms with E-state index in [-0.39, 0.29) is 36.4 Å². The summed E-state index contributed by atoms with van der Waals surface area (Å²) >= 11 is 0. The van der Waals surface area contributed by atoms with Gasteiger partial charge in [-0.1, -0.05) is 38.1 Å². The summed E-state index contributed by atoms with van der Waals surface area (Å²) in [4.78, 5) is 16.9. The van der Waals surface area contributed by atoms with Crippen LogP contribution < -0.4 is 16.0 Å². The van der Waals surface area contributed by atoms with Crippen LogP contribution in [0, 0.1) is 0 Å². The number of carbonyl (C=O) groups is 1. The van der Waals surface area contributed by atoms with Crippen molar-refractivity contribution in [3.05, 3.63) is 46.8 Å². The molecule has 2 aromatic rings. The van der Waals surface area contributed by atoms with E-state index in [0.717, 1.165) is 42.0 Å². The highest BCUT2D eigenvalue weighted by Crippen LogP contribution is 2.16. The Morgan fingerprint density at radius 2 is 1.90 bits per heavy atom. The van der Waals surface area contributed by atoms with Crippen LogP contribution in [-0.4, -0.2) is 30.1 Å². The van der Waals surface area contributed by atoms with E-state index in [1.165, 1.54) is 5.56 Å². The lowest BCUT2D eigenvalue weighted by atomic mass is 10.1. The number of nitrogens with one attached hydrogen (secondary N) is 3. The molecule has 29 heavy (non-hydrogen) atoms. The lowest BCUT2D eigenvalue weighted by Gasteiger charge is -2.12. The SMILES string of the molecule is CCNC(=NCc1c(CC)noc1CC)NCC(=O)Nc1cccc(CC)c1.I. The highest BCUT2D eigenvalue weighted by atomic mass is 127. The van der Waals surface area contributed by atoms with Gasteiger partial charge in [-0.15, -0.1) is 24.0 Å². The number of amides is 1. The molecular weight excluding hydrogens is 481 g/mol. The maximum absolute atomic E-state index is 12.3. The third-order valence-corrected chi connectivity index (χ3v) is 4.38. The second kappa shape index (κ2) is 13.2. The van der Waals surface area contributed by atoms with Crippen LogP contribution in [0.25, 0.3) is 0 Å². The van der Waals surface area contributed by atoms with Gasteiger partial charge in [0.05, 0.1) is 18.8 Å². The van der Waals surface area contributed by atoms with E-state index in [0.29, 0.717) is 19.0 Å². The summed E-state index contributed by atoms with van der Waals surface area (Å²) in [5.41, 5.74) is 3.96. The molecule has 2 rings (SSSR count). The normalized spacial score (nSPS) is 11.0.